The maximum absolute atomic E-state index is 12.5. The van der Waals surface area contributed by atoms with Gasteiger partial charge in [-0.25, -0.2) is 4.90 Å². The first kappa shape index (κ1) is 15.9. The predicted octanol–water partition coefficient (Wildman–Crippen LogP) is 4.94. The summed E-state index contributed by atoms with van der Waals surface area (Å²) in [6.07, 6.45) is 1.56. The Morgan fingerprint density at radius 3 is 2.39 bits per heavy atom. The lowest BCUT2D eigenvalue weighted by atomic mass is 10.2. The Hall–Kier alpha value is -1.95. The van der Waals surface area contributed by atoms with Crippen molar-refractivity contribution in [2.24, 2.45) is 0 Å². The van der Waals surface area contributed by atoms with Gasteiger partial charge in [-0.2, -0.15) is 0 Å². The molecule has 23 heavy (non-hydrogen) atoms. The van der Waals surface area contributed by atoms with E-state index < -0.39 is 11.1 Å². The molecule has 0 bridgehead atoms. The van der Waals surface area contributed by atoms with Crippen molar-refractivity contribution < 1.29 is 14.7 Å². The van der Waals surface area contributed by atoms with E-state index in [-0.39, 0.29) is 10.7 Å². The minimum Gasteiger partial charge on any atom is -0.508 e. The molecule has 1 saturated heterocycles. The molecule has 0 saturated carbocycles. The number of anilines is 1. The molecule has 4 nitrogen and oxygen atoms in total. The molecule has 2 aromatic carbocycles. The second kappa shape index (κ2) is 6.28. The molecule has 1 aliphatic rings. The summed E-state index contributed by atoms with van der Waals surface area (Å²) in [6, 6.07) is 10.7. The molecular weight excluding hydrogens is 357 g/mol. The van der Waals surface area contributed by atoms with E-state index in [9.17, 15) is 14.7 Å². The highest BCUT2D eigenvalue weighted by Gasteiger charge is 2.36. The standard InChI is InChI=1S/C16H9Cl2NO3S/c17-10-2-1-9(13(18)8-10)7-14-15(21)19(16(22)23-14)11-3-5-12(20)6-4-11/h1-8,20H/b14-7-. The maximum Gasteiger partial charge on any atom is 0.298 e. The summed E-state index contributed by atoms with van der Waals surface area (Å²) in [4.78, 5) is 25.9. The molecule has 0 atom stereocenters. The lowest BCUT2D eigenvalue weighted by Crippen LogP contribution is -2.27. The van der Waals surface area contributed by atoms with E-state index in [1.54, 1.807) is 24.3 Å². The van der Waals surface area contributed by atoms with Crippen molar-refractivity contribution >= 4 is 57.9 Å². The summed E-state index contributed by atoms with van der Waals surface area (Å²) < 4.78 is 0. The largest absolute Gasteiger partial charge is 0.508 e. The van der Waals surface area contributed by atoms with Crippen LogP contribution in [0.3, 0.4) is 0 Å². The molecule has 116 valence electrons. The first-order chi connectivity index (χ1) is 11.0. The van der Waals surface area contributed by atoms with Gasteiger partial charge in [0.1, 0.15) is 5.75 Å². The van der Waals surface area contributed by atoms with Gasteiger partial charge < -0.3 is 5.11 Å². The molecular formula is C16H9Cl2NO3S. The fourth-order valence-electron chi connectivity index (χ4n) is 2.05. The van der Waals surface area contributed by atoms with Crippen LogP contribution in [0.1, 0.15) is 5.56 Å². The van der Waals surface area contributed by atoms with Crippen LogP contribution in [0.5, 0.6) is 5.75 Å². The maximum atomic E-state index is 12.5. The Labute approximate surface area is 146 Å². The monoisotopic (exact) mass is 365 g/mol. The summed E-state index contributed by atoms with van der Waals surface area (Å²) in [5, 5.41) is 9.78. The van der Waals surface area contributed by atoms with E-state index in [4.69, 9.17) is 23.2 Å². The van der Waals surface area contributed by atoms with E-state index in [1.165, 1.54) is 24.3 Å². The Morgan fingerprint density at radius 1 is 1.04 bits per heavy atom. The van der Waals surface area contributed by atoms with Crippen molar-refractivity contribution in [2.45, 2.75) is 0 Å². The highest BCUT2D eigenvalue weighted by molar-refractivity contribution is 8.19. The summed E-state index contributed by atoms with van der Waals surface area (Å²) in [6.45, 7) is 0. The first-order valence-electron chi connectivity index (χ1n) is 6.48. The van der Waals surface area contributed by atoms with Crippen LogP contribution in [-0.4, -0.2) is 16.3 Å². The number of phenols is 1. The Morgan fingerprint density at radius 2 is 1.74 bits per heavy atom. The van der Waals surface area contributed by atoms with Gasteiger partial charge in [0, 0.05) is 10.0 Å². The van der Waals surface area contributed by atoms with Crippen molar-refractivity contribution in [1.82, 2.24) is 0 Å². The molecule has 0 aliphatic carbocycles. The molecule has 0 radical (unpaired) electrons. The number of rotatable bonds is 2. The van der Waals surface area contributed by atoms with Crippen LogP contribution in [0.2, 0.25) is 10.0 Å². The van der Waals surface area contributed by atoms with Gasteiger partial charge in [0.25, 0.3) is 11.1 Å². The number of aromatic hydroxyl groups is 1. The smallest absolute Gasteiger partial charge is 0.298 e. The normalized spacial score (nSPS) is 16.4. The van der Waals surface area contributed by atoms with Crippen LogP contribution in [0.15, 0.2) is 47.4 Å². The van der Waals surface area contributed by atoms with E-state index in [1.807, 2.05) is 0 Å². The van der Waals surface area contributed by atoms with Crippen LogP contribution < -0.4 is 4.90 Å². The molecule has 1 N–H and O–H groups in total. The minimum atomic E-state index is -0.434. The fraction of sp³-hybridized carbons (Fsp3) is 0. The number of benzene rings is 2. The number of hydrogen-bond donors (Lipinski definition) is 1. The van der Waals surface area contributed by atoms with Crippen LogP contribution in [0.25, 0.3) is 6.08 Å². The summed E-state index contributed by atoms with van der Waals surface area (Å²) in [7, 11) is 0. The van der Waals surface area contributed by atoms with Gasteiger partial charge in [0.2, 0.25) is 0 Å². The predicted molar refractivity (Wildman–Crippen MR) is 93.0 cm³/mol. The van der Waals surface area contributed by atoms with Crippen LogP contribution >= 0.6 is 35.0 Å². The number of hydrogen-bond acceptors (Lipinski definition) is 4. The SMILES string of the molecule is O=C1S/C(=C\c2ccc(Cl)cc2Cl)C(=O)N1c1ccc(O)cc1. The third-order valence-electron chi connectivity index (χ3n) is 3.15. The molecule has 1 heterocycles. The molecule has 3 rings (SSSR count). The van der Waals surface area contributed by atoms with Gasteiger partial charge in [0.15, 0.2) is 0 Å². The third kappa shape index (κ3) is 3.22. The number of phenolic OH excluding ortho intramolecular Hbond substituents is 1. The van der Waals surface area contributed by atoms with Crippen LogP contribution in [0, 0.1) is 0 Å². The fourth-order valence-corrected chi connectivity index (χ4v) is 3.35. The van der Waals surface area contributed by atoms with Gasteiger partial charge >= 0.3 is 0 Å². The first-order valence-corrected chi connectivity index (χ1v) is 8.05. The number of nitrogens with zero attached hydrogens (tertiary/aromatic N) is 1. The third-order valence-corrected chi connectivity index (χ3v) is 4.58. The second-order valence-electron chi connectivity index (χ2n) is 4.70. The number of amides is 2. The summed E-state index contributed by atoms with van der Waals surface area (Å²) >= 11 is 12.8. The van der Waals surface area contributed by atoms with E-state index >= 15 is 0 Å². The zero-order valence-electron chi connectivity index (χ0n) is 11.5. The lowest BCUT2D eigenvalue weighted by molar-refractivity contribution is -0.113. The Bertz CT molecular complexity index is 834. The Kier molecular flexibility index (Phi) is 4.35. The molecule has 0 spiro atoms. The van der Waals surface area contributed by atoms with Gasteiger partial charge in [-0.1, -0.05) is 29.3 Å². The molecule has 7 heteroatoms. The summed E-state index contributed by atoms with van der Waals surface area (Å²) in [5.74, 6) is -0.374. The highest BCUT2D eigenvalue weighted by Crippen LogP contribution is 2.37. The van der Waals surface area contributed by atoms with Gasteiger partial charge in [0.05, 0.1) is 10.6 Å². The average Bonchev–Trinajstić information content (AvgIpc) is 2.78. The second-order valence-corrected chi connectivity index (χ2v) is 6.54. The van der Waals surface area contributed by atoms with Crippen molar-refractivity contribution in [3.8, 4) is 5.75 Å². The van der Waals surface area contributed by atoms with E-state index in [0.29, 0.717) is 21.3 Å². The minimum absolute atomic E-state index is 0.0595. The number of thioether (sulfide) groups is 1. The van der Waals surface area contributed by atoms with Gasteiger partial charge in [-0.3, -0.25) is 9.59 Å². The summed E-state index contributed by atoms with van der Waals surface area (Å²) in [5.41, 5.74) is 1.00. The quantitative estimate of drug-likeness (QED) is 0.765. The molecule has 1 fully saturated rings. The molecule has 0 aromatic heterocycles. The van der Waals surface area contributed by atoms with E-state index in [0.717, 1.165) is 16.7 Å². The van der Waals surface area contributed by atoms with Gasteiger partial charge in [-0.15, -0.1) is 0 Å². The van der Waals surface area contributed by atoms with Crippen LogP contribution in [-0.2, 0) is 4.79 Å². The number of carbonyl (C=O) groups is 2. The lowest BCUT2D eigenvalue weighted by Gasteiger charge is -2.12. The van der Waals surface area contributed by atoms with Crippen molar-refractivity contribution in [3.05, 3.63) is 63.0 Å². The van der Waals surface area contributed by atoms with E-state index in [2.05, 4.69) is 0 Å². The van der Waals surface area contributed by atoms with Crippen LogP contribution in [0.4, 0.5) is 10.5 Å². The van der Waals surface area contributed by atoms with Crippen molar-refractivity contribution in [2.75, 3.05) is 4.90 Å². The van der Waals surface area contributed by atoms with Crippen molar-refractivity contribution in [1.29, 1.82) is 0 Å². The topological polar surface area (TPSA) is 57.6 Å². The Balaban J connectivity index is 1.94. The molecule has 2 amide bonds. The zero-order chi connectivity index (χ0) is 16.6. The highest BCUT2D eigenvalue weighted by atomic mass is 35.5. The molecule has 1 aliphatic heterocycles. The average molecular weight is 366 g/mol. The van der Waals surface area contributed by atoms with Crippen molar-refractivity contribution in [3.63, 3.8) is 0 Å². The molecule has 2 aromatic rings. The van der Waals surface area contributed by atoms with Gasteiger partial charge in [-0.05, 0) is 59.8 Å². The number of imide groups is 1. The molecule has 0 unspecified atom stereocenters. The number of halogens is 2. The zero-order valence-corrected chi connectivity index (χ0v) is 13.8. The number of carbonyl (C=O) groups excluding carboxylic acids is 2.